The van der Waals surface area contributed by atoms with E-state index >= 15 is 0 Å². The highest BCUT2D eigenvalue weighted by atomic mass is 79.9. The summed E-state index contributed by atoms with van der Waals surface area (Å²) in [5, 5.41) is 1.06. The molecule has 1 aromatic carbocycles. The number of hydrogen-bond acceptors (Lipinski definition) is 2. The van der Waals surface area contributed by atoms with Crippen LogP contribution in [0.5, 0.6) is 5.75 Å². The lowest BCUT2D eigenvalue weighted by atomic mass is 10.2. The van der Waals surface area contributed by atoms with Crippen LogP contribution in [-0.2, 0) is 6.54 Å². The highest BCUT2D eigenvalue weighted by Gasteiger charge is 2.28. The van der Waals surface area contributed by atoms with E-state index in [1.165, 1.54) is 18.4 Å². The Bertz CT molecular complexity index is 321. The molecule has 1 fully saturated rings. The molecular weight excluding hydrogens is 266 g/mol. The van der Waals surface area contributed by atoms with Crippen molar-refractivity contribution in [3.05, 3.63) is 29.8 Å². The number of methoxy groups -OCH3 is 1. The number of halogens is 1. The van der Waals surface area contributed by atoms with E-state index in [-0.39, 0.29) is 0 Å². The molecule has 1 saturated carbocycles. The van der Waals surface area contributed by atoms with Gasteiger partial charge < -0.3 is 4.74 Å². The Morgan fingerprint density at radius 3 is 2.50 bits per heavy atom. The first-order valence-corrected chi connectivity index (χ1v) is 6.88. The first-order valence-electron chi connectivity index (χ1n) is 5.76. The summed E-state index contributed by atoms with van der Waals surface area (Å²) in [6, 6.07) is 9.20. The number of nitrogens with zero attached hydrogens (tertiary/aromatic N) is 1. The molecule has 1 aromatic rings. The number of ether oxygens (including phenoxy) is 1. The molecule has 3 heteroatoms. The van der Waals surface area contributed by atoms with Gasteiger partial charge in [-0.15, -0.1) is 0 Å². The lowest BCUT2D eigenvalue weighted by Crippen LogP contribution is -2.27. The van der Waals surface area contributed by atoms with Crippen LogP contribution in [-0.4, -0.2) is 29.9 Å². The van der Waals surface area contributed by atoms with Crippen LogP contribution in [0.3, 0.4) is 0 Å². The van der Waals surface area contributed by atoms with Crippen molar-refractivity contribution in [2.45, 2.75) is 25.4 Å². The van der Waals surface area contributed by atoms with Crippen LogP contribution < -0.4 is 4.74 Å². The summed E-state index contributed by atoms with van der Waals surface area (Å²) in [6.07, 6.45) is 2.73. The minimum absolute atomic E-state index is 0.819. The highest BCUT2D eigenvalue weighted by Crippen LogP contribution is 2.28. The first kappa shape index (κ1) is 11.9. The second-order valence-corrected chi connectivity index (χ2v) is 5.03. The zero-order valence-electron chi connectivity index (χ0n) is 9.66. The van der Waals surface area contributed by atoms with Gasteiger partial charge in [0.15, 0.2) is 0 Å². The summed E-state index contributed by atoms with van der Waals surface area (Å²) in [5.74, 6) is 0.933. The second-order valence-electron chi connectivity index (χ2n) is 4.24. The summed E-state index contributed by atoms with van der Waals surface area (Å²) < 4.78 is 5.16. The number of benzene rings is 1. The van der Waals surface area contributed by atoms with Crippen LogP contribution in [0.25, 0.3) is 0 Å². The first-order chi connectivity index (χ1) is 7.83. The molecule has 16 heavy (non-hydrogen) atoms. The van der Waals surface area contributed by atoms with Gasteiger partial charge >= 0.3 is 0 Å². The predicted molar refractivity (Wildman–Crippen MR) is 70.2 cm³/mol. The maximum Gasteiger partial charge on any atom is 0.118 e. The Hall–Kier alpha value is -0.540. The van der Waals surface area contributed by atoms with E-state index in [0.29, 0.717) is 0 Å². The molecular formula is C13H18BrNO. The van der Waals surface area contributed by atoms with Crippen LogP contribution in [0.2, 0.25) is 0 Å². The quantitative estimate of drug-likeness (QED) is 0.744. The molecule has 0 unspecified atom stereocenters. The van der Waals surface area contributed by atoms with Gasteiger partial charge in [0, 0.05) is 24.5 Å². The topological polar surface area (TPSA) is 12.5 Å². The molecule has 0 aromatic heterocycles. The predicted octanol–water partition coefficient (Wildman–Crippen LogP) is 3.05. The van der Waals surface area contributed by atoms with Gasteiger partial charge in [0.1, 0.15) is 5.75 Å². The maximum absolute atomic E-state index is 5.16. The molecule has 0 aliphatic heterocycles. The monoisotopic (exact) mass is 283 g/mol. The third-order valence-electron chi connectivity index (χ3n) is 2.98. The Morgan fingerprint density at radius 2 is 2.00 bits per heavy atom. The highest BCUT2D eigenvalue weighted by molar-refractivity contribution is 9.09. The van der Waals surface area contributed by atoms with Gasteiger partial charge in [0.2, 0.25) is 0 Å². The molecule has 1 aliphatic rings. The molecule has 0 heterocycles. The minimum Gasteiger partial charge on any atom is -0.497 e. The van der Waals surface area contributed by atoms with Crippen molar-refractivity contribution in [1.82, 2.24) is 4.90 Å². The molecule has 0 atom stereocenters. The van der Waals surface area contributed by atoms with Crippen molar-refractivity contribution in [3.63, 3.8) is 0 Å². The van der Waals surface area contributed by atoms with Gasteiger partial charge in [-0.3, -0.25) is 4.90 Å². The fraction of sp³-hybridized carbons (Fsp3) is 0.538. The maximum atomic E-state index is 5.16. The molecule has 0 amide bonds. The van der Waals surface area contributed by atoms with E-state index in [4.69, 9.17) is 4.74 Å². The van der Waals surface area contributed by atoms with Gasteiger partial charge in [-0.2, -0.15) is 0 Å². The van der Waals surface area contributed by atoms with Crippen LogP contribution in [0.4, 0.5) is 0 Å². The minimum atomic E-state index is 0.819. The van der Waals surface area contributed by atoms with Crippen LogP contribution in [0.1, 0.15) is 18.4 Å². The van der Waals surface area contributed by atoms with Crippen molar-refractivity contribution < 1.29 is 4.74 Å². The number of hydrogen-bond donors (Lipinski definition) is 0. The van der Waals surface area contributed by atoms with Crippen LogP contribution in [0, 0.1) is 0 Å². The molecule has 2 rings (SSSR count). The van der Waals surface area contributed by atoms with Gasteiger partial charge in [0.05, 0.1) is 7.11 Å². The standard InChI is InChI=1S/C13H18BrNO/c1-16-13-6-2-11(3-7-13)10-15(9-8-14)12-4-5-12/h2-3,6-7,12H,4-5,8-10H2,1H3. The van der Waals surface area contributed by atoms with Crippen molar-refractivity contribution in [3.8, 4) is 5.75 Å². The van der Waals surface area contributed by atoms with Gasteiger partial charge in [-0.1, -0.05) is 28.1 Å². The van der Waals surface area contributed by atoms with Crippen LogP contribution >= 0.6 is 15.9 Å². The van der Waals surface area contributed by atoms with Gasteiger partial charge in [-0.05, 0) is 30.5 Å². The average Bonchev–Trinajstić information content (AvgIpc) is 3.13. The third-order valence-corrected chi connectivity index (χ3v) is 3.33. The van der Waals surface area contributed by atoms with Gasteiger partial charge in [0.25, 0.3) is 0 Å². The molecule has 0 saturated heterocycles. The Kier molecular flexibility index (Phi) is 4.24. The van der Waals surface area contributed by atoms with Gasteiger partial charge in [-0.25, -0.2) is 0 Å². The molecule has 88 valence electrons. The molecule has 1 aliphatic carbocycles. The van der Waals surface area contributed by atoms with Crippen molar-refractivity contribution in [2.24, 2.45) is 0 Å². The summed E-state index contributed by atoms with van der Waals surface area (Å²) in [4.78, 5) is 2.55. The normalized spacial score (nSPS) is 15.4. The Morgan fingerprint density at radius 1 is 1.31 bits per heavy atom. The summed E-state index contributed by atoms with van der Waals surface area (Å²) in [7, 11) is 1.70. The Balaban J connectivity index is 1.94. The third kappa shape index (κ3) is 3.22. The van der Waals surface area contributed by atoms with Crippen molar-refractivity contribution in [1.29, 1.82) is 0 Å². The molecule has 2 nitrogen and oxygen atoms in total. The summed E-state index contributed by atoms with van der Waals surface area (Å²) in [6.45, 7) is 2.19. The van der Waals surface area contributed by atoms with E-state index in [1.54, 1.807) is 7.11 Å². The van der Waals surface area contributed by atoms with E-state index in [0.717, 1.165) is 30.2 Å². The SMILES string of the molecule is COc1ccc(CN(CCBr)C2CC2)cc1. The zero-order chi connectivity index (χ0) is 11.4. The number of rotatable bonds is 6. The molecule has 0 spiro atoms. The van der Waals surface area contributed by atoms with Crippen molar-refractivity contribution in [2.75, 3.05) is 19.0 Å². The lowest BCUT2D eigenvalue weighted by Gasteiger charge is -2.20. The number of alkyl halides is 1. The molecule has 0 N–H and O–H groups in total. The Labute approximate surface area is 106 Å². The lowest BCUT2D eigenvalue weighted by molar-refractivity contribution is 0.272. The largest absolute Gasteiger partial charge is 0.497 e. The molecule has 0 bridgehead atoms. The second kappa shape index (κ2) is 5.69. The van der Waals surface area contributed by atoms with E-state index in [2.05, 4.69) is 33.0 Å². The smallest absolute Gasteiger partial charge is 0.118 e. The van der Waals surface area contributed by atoms with E-state index in [9.17, 15) is 0 Å². The fourth-order valence-corrected chi connectivity index (χ4v) is 2.36. The summed E-state index contributed by atoms with van der Waals surface area (Å²) >= 11 is 3.52. The van der Waals surface area contributed by atoms with Crippen LogP contribution in [0.15, 0.2) is 24.3 Å². The fourth-order valence-electron chi connectivity index (χ4n) is 1.90. The average molecular weight is 284 g/mol. The van der Waals surface area contributed by atoms with Crippen molar-refractivity contribution >= 4 is 15.9 Å². The molecule has 0 radical (unpaired) electrons. The summed E-state index contributed by atoms with van der Waals surface area (Å²) in [5.41, 5.74) is 1.37. The van der Waals surface area contributed by atoms with E-state index in [1.807, 2.05) is 12.1 Å². The zero-order valence-corrected chi connectivity index (χ0v) is 11.2. The van der Waals surface area contributed by atoms with E-state index < -0.39 is 0 Å².